The van der Waals surface area contributed by atoms with Gasteiger partial charge < -0.3 is 14.7 Å². The Labute approximate surface area is 129 Å². The van der Waals surface area contributed by atoms with E-state index in [0.29, 0.717) is 6.54 Å². The van der Waals surface area contributed by atoms with E-state index < -0.39 is 6.09 Å². The second-order valence-corrected chi connectivity index (χ2v) is 4.89. The van der Waals surface area contributed by atoms with E-state index in [9.17, 15) is 4.79 Å². The Morgan fingerprint density at radius 1 is 1.32 bits per heavy atom. The van der Waals surface area contributed by atoms with Crippen LogP contribution in [-0.2, 0) is 24.4 Å². The summed E-state index contributed by atoms with van der Waals surface area (Å²) < 4.78 is 7.09. The summed E-state index contributed by atoms with van der Waals surface area (Å²) in [6, 6.07) is 9.50. The standard InChI is InChI=1S/C16H21N3O3/c1-2-19-12-15(10-17-19)11-18(8-9-20)16(21)22-13-14-6-4-3-5-7-14/h3-7,10,12,20H,2,8-9,11,13H2,1H3. The Hall–Kier alpha value is -2.34. The Morgan fingerprint density at radius 2 is 2.09 bits per heavy atom. The number of aromatic nitrogens is 2. The summed E-state index contributed by atoms with van der Waals surface area (Å²) in [4.78, 5) is 13.6. The minimum Gasteiger partial charge on any atom is -0.445 e. The Bertz CT molecular complexity index is 583. The van der Waals surface area contributed by atoms with Gasteiger partial charge >= 0.3 is 6.09 Å². The van der Waals surface area contributed by atoms with Gasteiger partial charge in [-0.15, -0.1) is 0 Å². The van der Waals surface area contributed by atoms with Gasteiger partial charge in [0.05, 0.1) is 19.3 Å². The lowest BCUT2D eigenvalue weighted by Gasteiger charge is -2.20. The first-order chi connectivity index (χ1) is 10.7. The molecule has 1 N–H and O–H groups in total. The maximum Gasteiger partial charge on any atom is 0.410 e. The van der Waals surface area contributed by atoms with Crippen molar-refractivity contribution in [3.63, 3.8) is 0 Å². The van der Waals surface area contributed by atoms with Crippen molar-refractivity contribution < 1.29 is 14.6 Å². The van der Waals surface area contributed by atoms with Crippen molar-refractivity contribution >= 4 is 6.09 Å². The summed E-state index contributed by atoms with van der Waals surface area (Å²) in [5, 5.41) is 13.3. The molecule has 0 saturated carbocycles. The quantitative estimate of drug-likeness (QED) is 0.850. The Kier molecular flexibility index (Phi) is 5.97. The molecule has 0 saturated heterocycles. The topological polar surface area (TPSA) is 67.6 Å². The number of hydrogen-bond donors (Lipinski definition) is 1. The minimum absolute atomic E-state index is 0.109. The molecule has 0 aliphatic heterocycles. The summed E-state index contributed by atoms with van der Waals surface area (Å²) in [7, 11) is 0. The SMILES string of the molecule is CCn1cc(CN(CCO)C(=O)OCc2ccccc2)cn1. The molecule has 2 aromatic rings. The minimum atomic E-state index is -0.442. The third kappa shape index (κ3) is 4.60. The van der Waals surface area contributed by atoms with Crippen LogP contribution in [-0.4, -0.2) is 39.0 Å². The van der Waals surface area contributed by atoms with Crippen LogP contribution in [0.25, 0.3) is 0 Å². The molecule has 0 fully saturated rings. The van der Waals surface area contributed by atoms with Crippen LogP contribution in [0.2, 0.25) is 0 Å². The molecule has 6 heteroatoms. The molecule has 0 unspecified atom stereocenters. The lowest BCUT2D eigenvalue weighted by atomic mass is 10.2. The van der Waals surface area contributed by atoms with Crippen molar-refractivity contribution in [3.8, 4) is 0 Å². The fraction of sp³-hybridized carbons (Fsp3) is 0.375. The average molecular weight is 303 g/mol. The zero-order chi connectivity index (χ0) is 15.8. The highest BCUT2D eigenvalue weighted by Gasteiger charge is 2.16. The van der Waals surface area contributed by atoms with Crippen LogP contribution in [0, 0.1) is 0 Å². The van der Waals surface area contributed by atoms with Crippen LogP contribution in [0.3, 0.4) is 0 Å². The summed E-state index contributed by atoms with van der Waals surface area (Å²) in [6.07, 6.45) is 3.16. The molecule has 1 amide bonds. The maximum absolute atomic E-state index is 12.2. The zero-order valence-corrected chi connectivity index (χ0v) is 12.7. The van der Waals surface area contributed by atoms with Crippen molar-refractivity contribution in [1.82, 2.24) is 14.7 Å². The van der Waals surface area contributed by atoms with Crippen LogP contribution in [0.1, 0.15) is 18.1 Å². The highest BCUT2D eigenvalue weighted by molar-refractivity contribution is 5.67. The van der Waals surface area contributed by atoms with Gasteiger partial charge in [0.1, 0.15) is 6.61 Å². The number of benzene rings is 1. The maximum atomic E-state index is 12.2. The summed E-state index contributed by atoms with van der Waals surface area (Å²) in [5.74, 6) is 0. The van der Waals surface area contributed by atoms with Crippen LogP contribution in [0.15, 0.2) is 42.7 Å². The summed E-state index contributed by atoms with van der Waals surface area (Å²) in [5.41, 5.74) is 1.84. The first-order valence-corrected chi connectivity index (χ1v) is 7.30. The van der Waals surface area contributed by atoms with E-state index >= 15 is 0 Å². The fourth-order valence-electron chi connectivity index (χ4n) is 2.05. The number of ether oxygens (including phenoxy) is 1. The van der Waals surface area contributed by atoms with E-state index in [-0.39, 0.29) is 19.8 Å². The second-order valence-electron chi connectivity index (χ2n) is 4.89. The second kappa shape index (κ2) is 8.19. The van der Waals surface area contributed by atoms with Gasteiger partial charge in [-0.3, -0.25) is 4.68 Å². The predicted octanol–water partition coefficient (Wildman–Crippen LogP) is 2.03. The molecule has 1 aromatic heterocycles. The number of carbonyl (C=O) groups excluding carboxylic acids is 1. The van der Waals surface area contributed by atoms with Gasteiger partial charge in [0, 0.05) is 24.8 Å². The normalized spacial score (nSPS) is 10.5. The number of rotatable bonds is 7. The molecule has 22 heavy (non-hydrogen) atoms. The van der Waals surface area contributed by atoms with Gasteiger partial charge in [0.2, 0.25) is 0 Å². The molecule has 0 aliphatic rings. The molecule has 0 aliphatic carbocycles. The van der Waals surface area contributed by atoms with Gasteiger partial charge in [0.15, 0.2) is 0 Å². The number of nitrogens with zero attached hydrogens (tertiary/aromatic N) is 3. The van der Waals surface area contributed by atoms with E-state index in [1.807, 2.05) is 43.5 Å². The first-order valence-electron chi connectivity index (χ1n) is 7.30. The first kappa shape index (κ1) is 16.0. The summed E-state index contributed by atoms with van der Waals surface area (Å²) in [6.45, 7) is 3.48. The number of aliphatic hydroxyl groups is 1. The van der Waals surface area contributed by atoms with Crippen molar-refractivity contribution in [2.75, 3.05) is 13.2 Å². The number of aryl methyl sites for hydroxylation is 1. The van der Waals surface area contributed by atoms with Gasteiger partial charge in [-0.25, -0.2) is 4.79 Å². The molecular formula is C16H21N3O3. The van der Waals surface area contributed by atoms with E-state index in [2.05, 4.69) is 5.10 Å². The van der Waals surface area contributed by atoms with E-state index in [1.165, 1.54) is 4.90 Å². The van der Waals surface area contributed by atoms with E-state index in [4.69, 9.17) is 9.84 Å². The molecule has 0 radical (unpaired) electrons. The predicted molar refractivity (Wildman–Crippen MR) is 82.0 cm³/mol. The molecule has 1 heterocycles. The Morgan fingerprint density at radius 3 is 2.73 bits per heavy atom. The molecule has 118 valence electrons. The average Bonchev–Trinajstić information content (AvgIpc) is 3.01. The van der Waals surface area contributed by atoms with E-state index in [0.717, 1.165) is 17.7 Å². The van der Waals surface area contributed by atoms with Crippen molar-refractivity contribution in [2.24, 2.45) is 0 Å². The van der Waals surface area contributed by atoms with Crippen LogP contribution in [0.5, 0.6) is 0 Å². The lowest BCUT2D eigenvalue weighted by molar-refractivity contribution is 0.0859. The molecule has 1 aromatic carbocycles. The third-order valence-electron chi connectivity index (χ3n) is 3.22. The highest BCUT2D eigenvalue weighted by atomic mass is 16.6. The number of aliphatic hydroxyl groups excluding tert-OH is 1. The number of hydrogen-bond acceptors (Lipinski definition) is 4. The molecule has 6 nitrogen and oxygen atoms in total. The van der Waals surface area contributed by atoms with Gasteiger partial charge in [-0.1, -0.05) is 30.3 Å². The van der Waals surface area contributed by atoms with Gasteiger partial charge in [-0.2, -0.15) is 5.10 Å². The number of carbonyl (C=O) groups is 1. The van der Waals surface area contributed by atoms with Crippen LogP contribution < -0.4 is 0 Å². The molecule has 0 atom stereocenters. The number of amides is 1. The zero-order valence-electron chi connectivity index (χ0n) is 12.7. The van der Waals surface area contributed by atoms with Gasteiger partial charge in [0.25, 0.3) is 0 Å². The largest absolute Gasteiger partial charge is 0.445 e. The molecule has 0 spiro atoms. The summed E-state index contributed by atoms with van der Waals surface area (Å²) >= 11 is 0. The third-order valence-corrected chi connectivity index (χ3v) is 3.22. The van der Waals surface area contributed by atoms with Crippen molar-refractivity contribution in [3.05, 3.63) is 53.9 Å². The molecule has 0 bridgehead atoms. The monoisotopic (exact) mass is 303 g/mol. The molecule has 2 rings (SSSR count). The van der Waals surface area contributed by atoms with Crippen LogP contribution >= 0.6 is 0 Å². The lowest BCUT2D eigenvalue weighted by Crippen LogP contribution is -2.33. The van der Waals surface area contributed by atoms with Crippen molar-refractivity contribution in [2.45, 2.75) is 26.6 Å². The fourth-order valence-corrected chi connectivity index (χ4v) is 2.05. The van der Waals surface area contributed by atoms with Gasteiger partial charge in [-0.05, 0) is 12.5 Å². The molecular weight excluding hydrogens is 282 g/mol. The smallest absolute Gasteiger partial charge is 0.410 e. The highest BCUT2D eigenvalue weighted by Crippen LogP contribution is 2.08. The van der Waals surface area contributed by atoms with E-state index in [1.54, 1.807) is 10.9 Å². The Balaban J connectivity index is 1.92. The van der Waals surface area contributed by atoms with Crippen LogP contribution in [0.4, 0.5) is 4.79 Å². The van der Waals surface area contributed by atoms with Crippen molar-refractivity contribution in [1.29, 1.82) is 0 Å².